The lowest BCUT2D eigenvalue weighted by Crippen LogP contribution is -1.93. The fraction of sp³-hybridized carbons (Fsp3) is 0. The van der Waals surface area contributed by atoms with Crippen LogP contribution in [0.3, 0.4) is 0 Å². The van der Waals surface area contributed by atoms with E-state index in [-0.39, 0.29) is 0 Å². The lowest BCUT2D eigenvalue weighted by Gasteiger charge is -2.08. The zero-order valence-corrected chi connectivity index (χ0v) is 74.3. The Morgan fingerprint density at radius 2 is 0.543 bits per heavy atom. The predicted octanol–water partition coefficient (Wildman–Crippen LogP) is 32.4. The molecule has 13 nitrogen and oxygen atoms in total. The molecule has 0 aliphatic rings. The topological polar surface area (TPSA) is 118 Å². The molecular formula is C124H68N12OS. The maximum Gasteiger partial charge on any atom is 0.165 e. The van der Waals surface area contributed by atoms with E-state index in [1.807, 2.05) is 65.9 Å². The summed E-state index contributed by atoms with van der Waals surface area (Å²) in [5, 5.41) is 25.5. The molecule has 34 rings (SSSR count). The zero-order chi connectivity index (χ0) is 89.5. The number of benzene rings is 20. The quantitative estimate of drug-likeness (QED) is 0.168. The third kappa shape index (κ3) is 10.1. The Balaban J connectivity index is 0.0000000947. The molecule has 34 aromatic rings. The molecule has 0 saturated carbocycles. The van der Waals surface area contributed by atoms with Gasteiger partial charge in [-0.1, -0.05) is 243 Å². The van der Waals surface area contributed by atoms with Crippen molar-refractivity contribution < 1.29 is 4.42 Å². The Labute approximate surface area is 785 Å². The number of hydrogen-bond acceptors (Lipinski definition) is 8. The summed E-state index contributed by atoms with van der Waals surface area (Å²) >= 11 is 1.86. The lowest BCUT2D eigenvalue weighted by molar-refractivity contribution is 0.669. The van der Waals surface area contributed by atoms with Gasteiger partial charge >= 0.3 is 0 Å². The minimum atomic E-state index is 0.881. The fourth-order valence-corrected chi connectivity index (χ4v) is 24.8. The van der Waals surface area contributed by atoms with E-state index < -0.39 is 0 Å². The summed E-state index contributed by atoms with van der Waals surface area (Å²) in [5.74, 6) is 0. The molecule has 0 radical (unpaired) electrons. The van der Waals surface area contributed by atoms with Crippen LogP contribution < -0.4 is 0 Å². The second-order valence-electron chi connectivity index (χ2n) is 36.6. The van der Waals surface area contributed by atoms with Crippen molar-refractivity contribution in [3.05, 3.63) is 413 Å². The first-order chi connectivity index (χ1) is 68.5. The molecule has 0 bridgehead atoms. The normalized spacial score (nSPS) is 12.5. The maximum absolute atomic E-state index is 6.19. The van der Waals surface area contributed by atoms with Crippen molar-refractivity contribution in [2.24, 2.45) is 0 Å². The van der Waals surface area contributed by atoms with E-state index in [4.69, 9.17) is 34.3 Å². The van der Waals surface area contributed by atoms with Crippen LogP contribution in [0.25, 0.3) is 306 Å². The van der Waals surface area contributed by atoms with Gasteiger partial charge in [-0.25, -0.2) is 29.9 Å². The van der Waals surface area contributed by atoms with Gasteiger partial charge in [0.2, 0.25) is 0 Å². The first-order valence-corrected chi connectivity index (χ1v) is 47.6. The zero-order valence-electron chi connectivity index (χ0n) is 73.4. The largest absolute Gasteiger partial charge is 0.456 e. The Morgan fingerprint density at radius 3 is 1.09 bits per heavy atom. The van der Waals surface area contributed by atoms with E-state index >= 15 is 0 Å². The van der Waals surface area contributed by atoms with Gasteiger partial charge < -0.3 is 18.1 Å². The smallest absolute Gasteiger partial charge is 0.165 e. The summed E-state index contributed by atoms with van der Waals surface area (Å²) in [4.78, 5) is 31.6. The van der Waals surface area contributed by atoms with Crippen molar-refractivity contribution in [3.8, 4) is 39.3 Å². The lowest BCUT2D eigenvalue weighted by atomic mass is 9.98. The van der Waals surface area contributed by atoms with Gasteiger partial charge in [-0.15, -0.1) is 11.3 Å². The number of aromatic nitrogens is 12. The second kappa shape index (κ2) is 27.6. The molecule has 636 valence electrons. The molecule has 0 atom stereocenters. The Hall–Kier alpha value is -18.5. The predicted molar refractivity (Wildman–Crippen MR) is 574 cm³/mol. The van der Waals surface area contributed by atoms with Gasteiger partial charge in [-0.3, -0.25) is 13.2 Å². The number of hydrogen-bond donors (Lipinski definition) is 0. The van der Waals surface area contributed by atoms with Gasteiger partial charge in [0, 0.05) is 129 Å². The van der Waals surface area contributed by atoms with Crippen LogP contribution >= 0.6 is 11.3 Å². The number of furan rings is 1. The van der Waals surface area contributed by atoms with E-state index in [1.54, 1.807) is 0 Å². The minimum absolute atomic E-state index is 0.881. The van der Waals surface area contributed by atoms with Crippen LogP contribution in [0.5, 0.6) is 0 Å². The number of thiophene rings is 1. The third-order valence-corrected chi connectivity index (χ3v) is 30.6. The first-order valence-electron chi connectivity index (χ1n) is 46.8. The molecule has 14 heteroatoms. The maximum atomic E-state index is 6.19. The molecule has 0 N–H and O–H groups in total. The Bertz CT molecular complexity index is 10900. The molecule has 0 amide bonds. The molecule has 0 aliphatic heterocycles. The van der Waals surface area contributed by atoms with Crippen LogP contribution in [0.1, 0.15) is 0 Å². The molecule has 0 spiro atoms. The van der Waals surface area contributed by atoms with Gasteiger partial charge in [0.15, 0.2) is 16.9 Å². The number of nitrogens with zero attached hydrogens (tertiary/aromatic N) is 12. The molecule has 0 aliphatic carbocycles. The van der Waals surface area contributed by atoms with Crippen molar-refractivity contribution in [2.45, 2.75) is 0 Å². The van der Waals surface area contributed by atoms with Crippen molar-refractivity contribution in [1.29, 1.82) is 0 Å². The van der Waals surface area contributed by atoms with Crippen LogP contribution in [-0.4, -0.2) is 56.8 Å². The monoisotopic (exact) mass is 1770 g/mol. The summed E-state index contributed by atoms with van der Waals surface area (Å²) in [7, 11) is 0. The highest BCUT2D eigenvalue weighted by Crippen LogP contribution is 2.52. The third-order valence-electron chi connectivity index (χ3n) is 29.4. The summed E-state index contributed by atoms with van der Waals surface area (Å²) in [6.07, 6.45) is 0. The van der Waals surface area contributed by atoms with Crippen LogP contribution in [-0.2, 0) is 0 Å². The number of rotatable bonds is 5. The van der Waals surface area contributed by atoms with E-state index in [2.05, 4.69) is 385 Å². The first kappa shape index (κ1) is 74.1. The van der Waals surface area contributed by atoms with Crippen LogP contribution in [0.15, 0.2) is 417 Å². The molecule has 20 aromatic carbocycles. The molecule has 138 heavy (non-hydrogen) atoms. The van der Waals surface area contributed by atoms with E-state index in [1.165, 1.54) is 162 Å². The highest BCUT2D eigenvalue weighted by atomic mass is 32.1. The molecule has 0 unspecified atom stereocenters. The molecule has 14 heterocycles. The van der Waals surface area contributed by atoms with Crippen molar-refractivity contribution in [3.63, 3.8) is 0 Å². The SMILES string of the molecule is c1ccc(-n2c3ccc4ccccc4c3c3c2ccc2c4cccc5c6nc7ccccc7nc6n(c45)c23)cc1.c1ccc(-n2c3ccccc3c3c2ccc2c4cc(-c5ccc6oc7ccccc7c6c5)cc5c6nc7ccccc7nc6n(c45)c23)cc1.c1ccc(-n2c3ccccc3c3c2ccc2c4cc(-c5ccc6sc7ccccc7c6c5)cc5c6nc7ccccc7nc6n(c45)c23)cc1. The minimum Gasteiger partial charge on any atom is -0.456 e. The highest BCUT2D eigenvalue weighted by molar-refractivity contribution is 7.25. The second-order valence-corrected chi connectivity index (χ2v) is 37.7. The van der Waals surface area contributed by atoms with Crippen LogP contribution in [0.2, 0.25) is 0 Å². The van der Waals surface area contributed by atoms with Gasteiger partial charge in [0.05, 0.1) is 99.3 Å². The van der Waals surface area contributed by atoms with Gasteiger partial charge in [-0.2, -0.15) is 0 Å². The van der Waals surface area contributed by atoms with Crippen molar-refractivity contribution >= 4 is 278 Å². The summed E-state index contributed by atoms with van der Waals surface area (Å²) in [6.45, 7) is 0. The van der Waals surface area contributed by atoms with Gasteiger partial charge in [0.25, 0.3) is 0 Å². The highest BCUT2D eigenvalue weighted by Gasteiger charge is 2.31. The molecule has 0 fully saturated rings. The van der Waals surface area contributed by atoms with E-state index in [0.717, 1.165) is 144 Å². The summed E-state index contributed by atoms with van der Waals surface area (Å²) in [6, 6.07) is 148. The number of para-hydroxylation sites is 13. The standard InChI is InChI=1S/C44H24N4O.C44H24N4S.C36H20N4/c2*1-2-10-27(11-3-1)47-36-16-8-4-13-30(36)40-37(47)20-19-29-32-23-26(25-18-21-39-31(22-25)28-12-5-9-17-38(28)49-39)24-33-41-44(48(42(32)33)43(29)40)46-35-15-7-6-14-34(35)45-41;1-2-10-22(11-3-1)39-29-19-17-21-9-4-5-12-23(21)31(29)32-30(39)20-18-25-24-13-8-14-26-33-36(40(34(24)26)35(25)32)38-28-16-7-6-15-27(28)37-33/h2*1-24H;1-20H. The van der Waals surface area contributed by atoms with E-state index in [9.17, 15) is 0 Å². The number of fused-ring (bicyclic) bond motifs is 41. The Morgan fingerprint density at radius 1 is 0.188 bits per heavy atom. The van der Waals surface area contributed by atoms with Crippen molar-refractivity contribution in [1.82, 2.24) is 56.8 Å². The fourth-order valence-electron chi connectivity index (χ4n) is 23.7. The Kier molecular flexibility index (Phi) is 14.8. The average molecular weight is 1770 g/mol. The molecular weight excluding hydrogens is 1710 g/mol. The van der Waals surface area contributed by atoms with Crippen molar-refractivity contribution in [2.75, 3.05) is 0 Å². The van der Waals surface area contributed by atoms with Gasteiger partial charge in [-0.05, 0) is 203 Å². The average Bonchev–Trinajstić information content (AvgIpc) is 1.52. The van der Waals surface area contributed by atoms with E-state index in [0.29, 0.717) is 0 Å². The molecule has 0 saturated heterocycles. The summed E-state index contributed by atoms with van der Waals surface area (Å²) < 4.78 is 23.2. The summed E-state index contributed by atoms with van der Waals surface area (Å²) in [5.41, 5.74) is 35.0. The van der Waals surface area contributed by atoms with Gasteiger partial charge in [0.1, 0.15) is 27.7 Å². The van der Waals surface area contributed by atoms with Crippen LogP contribution in [0.4, 0.5) is 0 Å². The van der Waals surface area contributed by atoms with Crippen LogP contribution in [0, 0.1) is 0 Å². The molecule has 14 aromatic heterocycles.